The minimum Gasteiger partial charge on any atom is -0.508 e. The van der Waals surface area contributed by atoms with Gasteiger partial charge in [0.2, 0.25) is 0 Å². The first-order valence-corrected chi connectivity index (χ1v) is 5.27. The van der Waals surface area contributed by atoms with Gasteiger partial charge in [0.15, 0.2) is 0 Å². The normalized spacial score (nSPS) is 9.40. The molecule has 0 bridgehead atoms. The summed E-state index contributed by atoms with van der Waals surface area (Å²) in [6.07, 6.45) is 0. The first-order chi connectivity index (χ1) is 7.10. The van der Waals surface area contributed by atoms with Crippen LogP contribution in [0.1, 0.15) is 22.8 Å². The second kappa shape index (κ2) is 4.98. The number of rotatable bonds is 2. The highest BCUT2D eigenvalue weighted by atomic mass is 127. The number of phenols is 1. The van der Waals surface area contributed by atoms with Gasteiger partial charge in [-0.2, -0.15) is 5.26 Å². The van der Waals surface area contributed by atoms with Crippen LogP contribution in [0.2, 0.25) is 0 Å². The molecule has 1 aromatic carbocycles. The Bertz CT molecular complexity index is 437. The zero-order valence-electron chi connectivity index (χ0n) is 7.95. The third-order valence-electron chi connectivity index (χ3n) is 1.67. The Morgan fingerprint density at radius 2 is 2.33 bits per heavy atom. The van der Waals surface area contributed by atoms with E-state index < -0.39 is 5.97 Å². The second-order valence-corrected chi connectivity index (χ2v) is 3.77. The number of ether oxygens (including phenoxy) is 1. The van der Waals surface area contributed by atoms with E-state index in [2.05, 4.69) is 0 Å². The van der Waals surface area contributed by atoms with Gasteiger partial charge >= 0.3 is 5.97 Å². The molecule has 0 atom stereocenters. The van der Waals surface area contributed by atoms with Crippen molar-refractivity contribution in [2.45, 2.75) is 6.92 Å². The van der Waals surface area contributed by atoms with Crippen molar-refractivity contribution in [3.63, 3.8) is 0 Å². The highest BCUT2D eigenvalue weighted by Gasteiger charge is 2.15. The summed E-state index contributed by atoms with van der Waals surface area (Å²) in [5, 5.41) is 18.1. The van der Waals surface area contributed by atoms with Crippen molar-refractivity contribution in [1.29, 1.82) is 5.26 Å². The van der Waals surface area contributed by atoms with Crippen LogP contribution in [0, 0.1) is 14.9 Å². The maximum Gasteiger partial charge on any atom is 0.339 e. The van der Waals surface area contributed by atoms with Gasteiger partial charge < -0.3 is 9.84 Å². The zero-order chi connectivity index (χ0) is 11.4. The van der Waals surface area contributed by atoms with Crippen LogP contribution in [0.3, 0.4) is 0 Å². The standard InChI is InChI=1S/C10H8INO3/c1-2-15-10(14)8-4-7(13)3-6(5-12)9(8)11/h3-4,13H,2H2,1H3. The van der Waals surface area contributed by atoms with Crippen LogP contribution in [-0.2, 0) is 4.74 Å². The summed E-state index contributed by atoms with van der Waals surface area (Å²) in [6, 6.07) is 4.50. The first-order valence-electron chi connectivity index (χ1n) is 4.19. The van der Waals surface area contributed by atoms with E-state index >= 15 is 0 Å². The fourth-order valence-electron chi connectivity index (χ4n) is 1.05. The number of nitrogens with zero attached hydrogens (tertiary/aromatic N) is 1. The lowest BCUT2D eigenvalue weighted by Gasteiger charge is -2.06. The van der Waals surface area contributed by atoms with E-state index in [9.17, 15) is 9.90 Å². The van der Waals surface area contributed by atoms with Crippen LogP contribution in [0.5, 0.6) is 5.75 Å². The van der Waals surface area contributed by atoms with Gasteiger partial charge in [0.05, 0.1) is 17.7 Å². The molecule has 0 saturated heterocycles. The number of hydrogen-bond acceptors (Lipinski definition) is 4. The number of carbonyl (C=O) groups is 1. The molecule has 0 unspecified atom stereocenters. The smallest absolute Gasteiger partial charge is 0.339 e. The van der Waals surface area contributed by atoms with Crippen molar-refractivity contribution in [2.75, 3.05) is 6.61 Å². The summed E-state index contributed by atoms with van der Waals surface area (Å²) in [4.78, 5) is 11.4. The molecule has 78 valence electrons. The lowest BCUT2D eigenvalue weighted by molar-refractivity contribution is 0.0524. The molecule has 0 spiro atoms. The van der Waals surface area contributed by atoms with Crippen LogP contribution in [0.25, 0.3) is 0 Å². The van der Waals surface area contributed by atoms with Crippen LogP contribution in [-0.4, -0.2) is 17.7 Å². The minimum absolute atomic E-state index is 0.116. The number of phenolic OH excluding ortho intramolecular Hbond substituents is 1. The number of benzene rings is 1. The zero-order valence-corrected chi connectivity index (χ0v) is 10.1. The van der Waals surface area contributed by atoms with Crippen LogP contribution >= 0.6 is 22.6 Å². The molecule has 0 radical (unpaired) electrons. The van der Waals surface area contributed by atoms with E-state index in [1.54, 1.807) is 6.92 Å². The van der Waals surface area contributed by atoms with E-state index in [0.29, 0.717) is 3.57 Å². The van der Waals surface area contributed by atoms with Crippen LogP contribution < -0.4 is 0 Å². The summed E-state index contributed by atoms with van der Waals surface area (Å²) in [7, 11) is 0. The van der Waals surface area contributed by atoms with Crippen molar-refractivity contribution in [3.05, 3.63) is 26.8 Å². The molecule has 0 saturated carbocycles. The van der Waals surface area contributed by atoms with E-state index in [1.165, 1.54) is 12.1 Å². The minimum atomic E-state index is -0.533. The Balaban J connectivity index is 3.24. The van der Waals surface area contributed by atoms with Gasteiger partial charge in [-0.1, -0.05) is 0 Å². The average Bonchev–Trinajstić information content (AvgIpc) is 2.21. The monoisotopic (exact) mass is 317 g/mol. The highest BCUT2D eigenvalue weighted by molar-refractivity contribution is 14.1. The molecule has 0 aromatic heterocycles. The van der Waals surface area contributed by atoms with Gasteiger partial charge in [0, 0.05) is 3.57 Å². The fraction of sp³-hybridized carbons (Fsp3) is 0.200. The Kier molecular flexibility index (Phi) is 3.91. The summed E-state index contributed by atoms with van der Waals surface area (Å²) >= 11 is 1.88. The second-order valence-electron chi connectivity index (χ2n) is 2.69. The van der Waals surface area contributed by atoms with Crippen molar-refractivity contribution in [3.8, 4) is 11.8 Å². The molecule has 0 fully saturated rings. The molecule has 5 heteroatoms. The van der Waals surface area contributed by atoms with Crippen LogP contribution in [0.15, 0.2) is 12.1 Å². The van der Waals surface area contributed by atoms with E-state index in [1.807, 2.05) is 28.7 Å². The van der Waals surface area contributed by atoms with E-state index in [4.69, 9.17) is 10.00 Å². The Morgan fingerprint density at radius 1 is 1.67 bits per heavy atom. The third kappa shape index (κ3) is 2.59. The van der Waals surface area contributed by atoms with Gasteiger partial charge in [-0.3, -0.25) is 0 Å². The number of aromatic hydroxyl groups is 1. The maximum absolute atomic E-state index is 11.4. The van der Waals surface area contributed by atoms with Gasteiger partial charge in [-0.25, -0.2) is 4.79 Å². The lowest BCUT2D eigenvalue weighted by atomic mass is 10.1. The van der Waals surface area contributed by atoms with Gasteiger partial charge in [-0.15, -0.1) is 0 Å². The van der Waals surface area contributed by atoms with Gasteiger partial charge in [-0.05, 0) is 41.6 Å². The van der Waals surface area contributed by atoms with Crippen molar-refractivity contribution >= 4 is 28.6 Å². The number of esters is 1. The lowest BCUT2D eigenvalue weighted by Crippen LogP contribution is -2.07. The molecule has 0 aliphatic carbocycles. The summed E-state index contributed by atoms with van der Waals surface area (Å²) in [6.45, 7) is 1.95. The molecule has 0 aliphatic rings. The van der Waals surface area contributed by atoms with E-state index in [0.717, 1.165) is 0 Å². The molecule has 0 aliphatic heterocycles. The molecular weight excluding hydrogens is 309 g/mol. The average molecular weight is 317 g/mol. The highest BCUT2D eigenvalue weighted by Crippen LogP contribution is 2.23. The molecule has 4 nitrogen and oxygen atoms in total. The summed E-state index contributed by atoms with van der Waals surface area (Å²) < 4.78 is 5.29. The largest absolute Gasteiger partial charge is 0.508 e. The molecule has 0 amide bonds. The summed E-state index contributed by atoms with van der Waals surface area (Å²) in [5.41, 5.74) is 0.479. The fourth-order valence-corrected chi connectivity index (χ4v) is 1.70. The predicted octanol–water partition coefficient (Wildman–Crippen LogP) is 2.05. The maximum atomic E-state index is 11.4. The quantitative estimate of drug-likeness (QED) is 0.669. The molecule has 1 aromatic rings. The predicted molar refractivity (Wildman–Crippen MR) is 61.5 cm³/mol. The molecule has 1 rings (SSSR count). The SMILES string of the molecule is CCOC(=O)c1cc(O)cc(C#N)c1I. The van der Waals surface area contributed by atoms with Gasteiger partial charge in [0.1, 0.15) is 11.8 Å². The van der Waals surface area contributed by atoms with Crippen molar-refractivity contribution in [2.24, 2.45) is 0 Å². The van der Waals surface area contributed by atoms with E-state index in [-0.39, 0.29) is 23.5 Å². The molecule has 0 heterocycles. The topological polar surface area (TPSA) is 70.3 Å². The Hall–Kier alpha value is -1.29. The van der Waals surface area contributed by atoms with Crippen LogP contribution in [0.4, 0.5) is 0 Å². The van der Waals surface area contributed by atoms with Crippen molar-refractivity contribution < 1.29 is 14.6 Å². The van der Waals surface area contributed by atoms with Crippen molar-refractivity contribution in [1.82, 2.24) is 0 Å². The molecular formula is C10H8INO3. The third-order valence-corrected chi connectivity index (χ3v) is 2.84. The summed E-state index contributed by atoms with van der Waals surface area (Å²) in [5.74, 6) is -0.649. The first kappa shape index (κ1) is 11.8. The number of carbonyl (C=O) groups excluding carboxylic acids is 1. The number of halogens is 1. The Labute approximate surface area is 101 Å². The Morgan fingerprint density at radius 3 is 2.87 bits per heavy atom. The number of nitriles is 1. The van der Waals surface area contributed by atoms with Gasteiger partial charge in [0.25, 0.3) is 0 Å². The molecule has 15 heavy (non-hydrogen) atoms. The number of hydrogen-bond donors (Lipinski definition) is 1. The molecule has 1 N–H and O–H groups in total.